The molecule has 0 unspecified atom stereocenters. The molecule has 0 aliphatic heterocycles. The number of amides is 1. The third-order valence-corrected chi connectivity index (χ3v) is 5.31. The summed E-state index contributed by atoms with van der Waals surface area (Å²) in [5.41, 5.74) is -1.35. The van der Waals surface area contributed by atoms with Gasteiger partial charge in [-0.2, -0.15) is 0 Å². The molecule has 1 amide bonds. The largest absolute Gasteiger partial charge is 0.320 e. The van der Waals surface area contributed by atoms with Gasteiger partial charge in [-0.05, 0) is 12.1 Å². The molecule has 136 valence electrons. The number of nitrogens with one attached hydrogen (secondary N) is 1. The molecule has 0 saturated carbocycles. The van der Waals surface area contributed by atoms with Crippen molar-refractivity contribution >= 4 is 44.4 Å². The molecule has 6 nitrogen and oxygen atoms in total. The first-order chi connectivity index (χ1) is 11.5. The van der Waals surface area contributed by atoms with Crippen LogP contribution in [0.3, 0.4) is 0 Å². The van der Waals surface area contributed by atoms with Crippen molar-refractivity contribution in [3.05, 3.63) is 43.7 Å². The highest BCUT2D eigenvalue weighted by molar-refractivity contribution is 7.90. The van der Waals surface area contributed by atoms with Gasteiger partial charge < -0.3 is 9.88 Å². The number of halogens is 4. The van der Waals surface area contributed by atoms with Gasteiger partial charge in [-0.25, -0.2) is 21.6 Å². The normalized spacial score (nSPS) is 11.8. The van der Waals surface area contributed by atoms with E-state index < -0.39 is 45.0 Å². The lowest BCUT2D eigenvalue weighted by Crippen LogP contribution is -2.28. The highest BCUT2D eigenvalue weighted by Gasteiger charge is 2.20. The number of hydrogen-bond donors (Lipinski definition) is 1. The van der Waals surface area contributed by atoms with E-state index in [1.807, 2.05) is 0 Å². The number of nitrogens with zero attached hydrogens (tertiary/aromatic N) is 1. The Kier molecular flexibility index (Phi) is 5.59. The van der Waals surface area contributed by atoms with E-state index in [-0.39, 0.29) is 14.9 Å². The molecule has 0 aliphatic rings. The van der Waals surface area contributed by atoms with Crippen LogP contribution >= 0.6 is 22.9 Å². The Morgan fingerprint density at radius 2 is 2.04 bits per heavy atom. The minimum atomic E-state index is -4.03. The highest BCUT2D eigenvalue weighted by Crippen LogP contribution is 2.26. The second-order valence-electron chi connectivity index (χ2n) is 4.90. The summed E-state index contributed by atoms with van der Waals surface area (Å²) >= 11 is 6.16. The van der Waals surface area contributed by atoms with Gasteiger partial charge in [-0.3, -0.25) is 9.59 Å². The molecular formula is C13H10ClF3N2O4S2. The van der Waals surface area contributed by atoms with Crippen LogP contribution in [0.25, 0.3) is 0 Å². The molecule has 2 heterocycles. The zero-order chi connectivity index (χ0) is 18.9. The molecule has 0 aliphatic carbocycles. The Hall–Kier alpha value is -1.85. The van der Waals surface area contributed by atoms with Crippen molar-refractivity contribution in [1.82, 2.24) is 4.57 Å². The molecule has 0 saturated heterocycles. The number of pyridine rings is 1. The maximum Gasteiger partial charge on any atom is 0.269 e. The van der Waals surface area contributed by atoms with Gasteiger partial charge in [0.15, 0.2) is 15.7 Å². The molecule has 0 bridgehead atoms. The summed E-state index contributed by atoms with van der Waals surface area (Å²) in [4.78, 5) is 23.2. The van der Waals surface area contributed by atoms with Gasteiger partial charge in [0, 0.05) is 12.5 Å². The first-order valence-electron chi connectivity index (χ1n) is 6.48. The predicted molar refractivity (Wildman–Crippen MR) is 87.1 cm³/mol. The fourth-order valence-electron chi connectivity index (χ4n) is 1.88. The van der Waals surface area contributed by atoms with Crippen LogP contribution in [0.4, 0.5) is 18.9 Å². The second kappa shape index (κ2) is 7.18. The average Bonchev–Trinajstić information content (AvgIpc) is 2.80. The Balaban J connectivity index is 2.46. The van der Waals surface area contributed by atoms with E-state index in [9.17, 15) is 31.2 Å². The van der Waals surface area contributed by atoms with E-state index in [0.717, 1.165) is 24.6 Å². The summed E-state index contributed by atoms with van der Waals surface area (Å²) in [6.07, 6.45) is -1.30. The molecule has 0 spiro atoms. The minimum Gasteiger partial charge on any atom is -0.320 e. The molecule has 2 aromatic heterocycles. The SMILES string of the molecule is CS(=O)(=O)c1cc(NC(=O)c2cc(F)c(Cl)s2)cn(CC(F)F)c1=O. The van der Waals surface area contributed by atoms with E-state index in [0.29, 0.717) is 15.9 Å². The van der Waals surface area contributed by atoms with Crippen LogP contribution in [0.1, 0.15) is 9.67 Å². The summed E-state index contributed by atoms with van der Waals surface area (Å²) in [7, 11) is -4.03. The topological polar surface area (TPSA) is 85.2 Å². The zero-order valence-electron chi connectivity index (χ0n) is 12.4. The minimum absolute atomic E-state index is 0.116. The van der Waals surface area contributed by atoms with E-state index >= 15 is 0 Å². The summed E-state index contributed by atoms with van der Waals surface area (Å²) in [6.45, 7) is -1.05. The second-order valence-corrected chi connectivity index (χ2v) is 8.54. The fraction of sp³-hybridized carbons (Fsp3) is 0.231. The number of hydrogen-bond acceptors (Lipinski definition) is 5. The van der Waals surface area contributed by atoms with Crippen molar-refractivity contribution in [1.29, 1.82) is 0 Å². The zero-order valence-corrected chi connectivity index (χ0v) is 14.8. The van der Waals surface area contributed by atoms with Crippen molar-refractivity contribution in [3.8, 4) is 0 Å². The number of sulfone groups is 1. The van der Waals surface area contributed by atoms with Crippen LogP contribution in [0.5, 0.6) is 0 Å². The number of carbonyl (C=O) groups excluding carboxylic acids is 1. The van der Waals surface area contributed by atoms with E-state index in [2.05, 4.69) is 5.32 Å². The first kappa shape index (κ1) is 19.5. The number of anilines is 1. The van der Waals surface area contributed by atoms with Gasteiger partial charge in [0.05, 0.1) is 17.1 Å². The molecule has 0 atom stereocenters. The molecule has 0 radical (unpaired) electrons. The molecule has 25 heavy (non-hydrogen) atoms. The molecule has 12 heteroatoms. The monoisotopic (exact) mass is 414 g/mol. The number of alkyl halides is 2. The maximum absolute atomic E-state index is 13.2. The lowest BCUT2D eigenvalue weighted by Gasteiger charge is -2.11. The predicted octanol–water partition coefficient (Wildman–Crippen LogP) is 2.62. The lowest BCUT2D eigenvalue weighted by atomic mass is 10.3. The van der Waals surface area contributed by atoms with Crippen molar-refractivity contribution in [2.24, 2.45) is 0 Å². The van der Waals surface area contributed by atoms with Crippen LogP contribution in [0.2, 0.25) is 4.34 Å². The number of aromatic nitrogens is 1. The standard InChI is InChI=1S/C13H10ClF3N2O4S2/c1-25(22,23)9-2-6(4-19(13(9)21)5-10(16)17)18-12(20)8-3-7(15)11(14)24-8/h2-4,10H,5H2,1H3,(H,18,20). The van der Waals surface area contributed by atoms with Gasteiger partial charge in [0.2, 0.25) is 0 Å². The van der Waals surface area contributed by atoms with E-state index in [1.54, 1.807) is 0 Å². The van der Waals surface area contributed by atoms with Crippen LogP contribution in [0, 0.1) is 5.82 Å². The van der Waals surface area contributed by atoms with Crippen LogP contribution < -0.4 is 10.9 Å². The number of thiophene rings is 1. The molecule has 0 fully saturated rings. The summed E-state index contributed by atoms with van der Waals surface area (Å²) in [5.74, 6) is -1.64. The summed E-state index contributed by atoms with van der Waals surface area (Å²) < 4.78 is 62.0. The smallest absolute Gasteiger partial charge is 0.269 e. The quantitative estimate of drug-likeness (QED) is 0.815. The van der Waals surface area contributed by atoms with Crippen molar-refractivity contribution in [3.63, 3.8) is 0 Å². The average molecular weight is 415 g/mol. The van der Waals surface area contributed by atoms with Crippen LogP contribution in [-0.2, 0) is 16.4 Å². The fourth-order valence-corrected chi connectivity index (χ4v) is 3.61. The molecule has 2 aromatic rings. The van der Waals surface area contributed by atoms with Crippen molar-refractivity contribution in [2.45, 2.75) is 17.9 Å². The van der Waals surface area contributed by atoms with Gasteiger partial charge in [0.1, 0.15) is 9.23 Å². The van der Waals surface area contributed by atoms with Gasteiger partial charge in [-0.1, -0.05) is 11.6 Å². The van der Waals surface area contributed by atoms with Crippen LogP contribution in [0.15, 0.2) is 28.0 Å². The van der Waals surface area contributed by atoms with Crippen molar-refractivity contribution in [2.75, 3.05) is 11.6 Å². The lowest BCUT2D eigenvalue weighted by molar-refractivity contribution is 0.103. The van der Waals surface area contributed by atoms with Gasteiger partial charge >= 0.3 is 0 Å². The molecule has 1 N–H and O–H groups in total. The Morgan fingerprint density at radius 3 is 2.52 bits per heavy atom. The number of rotatable bonds is 5. The first-order valence-corrected chi connectivity index (χ1v) is 9.56. The Bertz CT molecular complexity index is 966. The van der Waals surface area contributed by atoms with Crippen molar-refractivity contribution < 1.29 is 26.4 Å². The molecular weight excluding hydrogens is 405 g/mol. The third-order valence-electron chi connectivity index (χ3n) is 2.91. The van der Waals surface area contributed by atoms with Gasteiger partial charge in [0.25, 0.3) is 17.9 Å². The highest BCUT2D eigenvalue weighted by atomic mass is 35.5. The Labute approximate surface area is 148 Å². The van der Waals surface area contributed by atoms with E-state index in [4.69, 9.17) is 11.6 Å². The number of carbonyl (C=O) groups is 1. The van der Waals surface area contributed by atoms with Crippen LogP contribution in [-0.4, -0.2) is 31.6 Å². The molecule has 0 aromatic carbocycles. The summed E-state index contributed by atoms with van der Waals surface area (Å²) in [6, 6.07) is 1.72. The molecule has 2 rings (SSSR count). The Morgan fingerprint density at radius 1 is 1.40 bits per heavy atom. The van der Waals surface area contributed by atoms with Gasteiger partial charge in [-0.15, -0.1) is 11.3 Å². The summed E-state index contributed by atoms with van der Waals surface area (Å²) in [5, 5.41) is 2.23. The third kappa shape index (κ3) is 4.61. The van der Waals surface area contributed by atoms with E-state index in [1.165, 1.54) is 0 Å². The maximum atomic E-state index is 13.2.